The van der Waals surface area contributed by atoms with Gasteiger partial charge in [0, 0.05) is 23.9 Å². The molecule has 0 spiro atoms. The number of amides is 1. The van der Waals surface area contributed by atoms with Crippen LogP contribution in [0.3, 0.4) is 0 Å². The van der Waals surface area contributed by atoms with E-state index in [1.54, 1.807) is 6.07 Å². The van der Waals surface area contributed by atoms with Crippen LogP contribution in [-0.4, -0.2) is 34.3 Å². The largest absolute Gasteiger partial charge is 0.333 e. The second kappa shape index (κ2) is 5.17. The van der Waals surface area contributed by atoms with E-state index < -0.39 is 0 Å². The summed E-state index contributed by atoms with van der Waals surface area (Å²) in [4.78, 5) is 18.8. The van der Waals surface area contributed by atoms with Gasteiger partial charge < -0.3 is 4.90 Å². The van der Waals surface area contributed by atoms with Crippen LogP contribution in [0.15, 0.2) is 36.4 Å². The van der Waals surface area contributed by atoms with Gasteiger partial charge in [-0.25, -0.2) is 4.98 Å². The molecule has 1 heterocycles. The number of carbonyl (C=O) groups excluding carboxylic acids is 1. The van der Waals surface area contributed by atoms with Crippen LogP contribution >= 0.6 is 11.6 Å². The molecule has 1 aromatic heterocycles. The molecule has 4 heteroatoms. The number of fused-ring (bicyclic) bond motifs is 1. The lowest BCUT2D eigenvalue weighted by molar-refractivity contribution is 0.0748. The second-order valence-corrected chi connectivity index (χ2v) is 5.19. The summed E-state index contributed by atoms with van der Waals surface area (Å²) in [6, 6.07) is 11.9. The number of pyridine rings is 1. The van der Waals surface area contributed by atoms with Crippen LogP contribution in [0, 0.1) is 0 Å². The number of carbonyl (C=O) groups is 1. The Morgan fingerprint density at radius 1 is 1.26 bits per heavy atom. The van der Waals surface area contributed by atoms with Crippen molar-refractivity contribution < 1.29 is 4.79 Å². The normalized spacial score (nSPS) is 14.6. The van der Waals surface area contributed by atoms with Crippen molar-refractivity contribution in [2.45, 2.75) is 18.9 Å². The molecule has 98 valence electrons. The van der Waals surface area contributed by atoms with E-state index in [1.165, 1.54) is 0 Å². The topological polar surface area (TPSA) is 33.2 Å². The average molecular weight is 275 g/mol. The molecule has 3 rings (SSSR count). The highest BCUT2D eigenvalue weighted by Gasteiger charge is 2.33. The van der Waals surface area contributed by atoms with Gasteiger partial charge in [-0.05, 0) is 25.0 Å². The van der Waals surface area contributed by atoms with Gasteiger partial charge in [0.25, 0.3) is 5.91 Å². The molecule has 0 aliphatic heterocycles. The quantitative estimate of drug-likeness (QED) is 0.803. The Morgan fingerprint density at radius 2 is 2.05 bits per heavy atom. The molecule has 0 saturated heterocycles. The van der Waals surface area contributed by atoms with Crippen LogP contribution in [0.2, 0.25) is 0 Å². The lowest BCUT2D eigenvalue weighted by Gasteiger charge is -2.20. The van der Waals surface area contributed by atoms with Crippen LogP contribution < -0.4 is 0 Å². The fourth-order valence-electron chi connectivity index (χ4n) is 2.26. The van der Waals surface area contributed by atoms with Crippen molar-refractivity contribution in [1.29, 1.82) is 0 Å². The number of halogens is 1. The zero-order chi connectivity index (χ0) is 13.2. The van der Waals surface area contributed by atoms with Crippen LogP contribution in [-0.2, 0) is 0 Å². The van der Waals surface area contributed by atoms with Gasteiger partial charge in [0.15, 0.2) is 0 Å². The minimum Gasteiger partial charge on any atom is -0.333 e. The molecule has 1 aliphatic rings. The van der Waals surface area contributed by atoms with Gasteiger partial charge in [0.1, 0.15) is 5.69 Å². The molecule has 0 radical (unpaired) electrons. The standard InChI is InChI=1S/C15H15ClN2O/c16-9-10-18(12-6-7-12)15(19)14-8-5-11-3-1-2-4-13(11)17-14/h1-5,8,12H,6-7,9-10H2. The molecule has 1 saturated carbocycles. The Labute approximate surface area is 117 Å². The lowest BCUT2D eigenvalue weighted by atomic mass is 10.2. The molecular weight excluding hydrogens is 260 g/mol. The molecule has 19 heavy (non-hydrogen) atoms. The van der Waals surface area contributed by atoms with Gasteiger partial charge in [-0.3, -0.25) is 4.79 Å². The number of alkyl halides is 1. The van der Waals surface area contributed by atoms with E-state index in [0.717, 1.165) is 23.7 Å². The van der Waals surface area contributed by atoms with Crippen molar-refractivity contribution in [3.05, 3.63) is 42.1 Å². The first-order valence-electron chi connectivity index (χ1n) is 6.52. The smallest absolute Gasteiger partial charge is 0.272 e. The van der Waals surface area contributed by atoms with Crippen LogP contribution in [0.5, 0.6) is 0 Å². The Hall–Kier alpha value is -1.61. The fraction of sp³-hybridized carbons (Fsp3) is 0.333. The van der Waals surface area contributed by atoms with Crippen molar-refractivity contribution in [3.63, 3.8) is 0 Å². The summed E-state index contributed by atoms with van der Waals surface area (Å²) in [5.74, 6) is 0.462. The average Bonchev–Trinajstić information content (AvgIpc) is 3.28. The summed E-state index contributed by atoms with van der Waals surface area (Å²) in [5, 5.41) is 1.05. The monoisotopic (exact) mass is 274 g/mol. The number of rotatable bonds is 4. The number of para-hydroxylation sites is 1. The minimum atomic E-state index is -0.00565. The molecule has 3 nitrogen and oxygen atoms in total. The van der Waals surface area contributed by atoms with Crippen molar-refractivity contribution in [2.75, 3.05) is 12.4 Å². The minimum absolute atomic E-state index is 0.00565. The van der Waals surface area contributed by atoms with E-state index in [9.17, 15) is 4.79 Å². The third kappa shape index (κ3) is 2.56. The van der Waals surface area contributed by atoms with E-state index in [0.29, 0.717) is 24.2 Å². The van der Waals surface area contributed by atoms with Gasteiger partial charge in [0.05, 0.1) is 5.52 Å². The molecule has 0 N–H and O–H groups in total. The summed E-state index contributed by atoms with van der Waals surface area (Å²) in [6.45, 7) is 0.597. The first-order chi connectivity index (χ1) is 9.29. The lowest BCUT2D eigenvalue weighted by Crippen LogP contribution is -2.35. The van der Waals surface area contributed by atoms with Crippen molar-refractivity contribution in [3.8, 4) is 0 Å². The summed E-state index contributed by atoms with van der Waals surface area (Å²) >= 11 is 5.78. The molecule has 0 atom stereocenters. The van der Waals surface area contributed by atoms with Crippen molar-refractivity contribution in [2.24, 2.45) is 0 Å². The Bertz CT molecular complexity index is 610. The highest BCUT2D eigenvalue weighted by atomic mass is 35.5. The second-order valence-electron chi connectivity index (χ2n) is 4.81. The Morgan fingerprint density at radius 3 is 2.79 bits per heavy atom. The first kappa shape index (κ1) is 12.4. The zero-order valence-corrected chi connectivity index (χ0v) is 11.3. The van der Waals surface area contributed by atoms with Gasteiger partial charge >= 0.3 is 0 Å². The van der Waals surface area contributed by atoms with Crippen LogP contribution in [0.25, 0.3) is 10.9 Å². The third-order valence-corrected chi connectivity index (χ3v) is 3.56. The number of hydrogen-bond donors (Lipinski definition) is 0. The number of nitrogens with zero attached hydrogens (tertiary/aromatic N) is 2. The van der Waals surface area contributed by atoms with Gasteiger partial charge in [0.2, 0.25) is 0 Å². The third-order valence-electron chi connectivity index (χ3n) is 3.39. The van der Waals surface area contributed by atoms with E-state index in [2.05, 4.69) is 4.98 Å². The number of benzene rings is 1. The predicted octanol–water partition coefficient (Wildman–Crippen LogP) is 3.08. The zero-order valence-electron chi connectivity index (χ0n) is 10.6. The summed E-state index contributed by atoms with van der Waals surface area (Å²) in [7, 11) is 0. The number of hydrogen-bond acceptors (Lipinski definition) is 2. The van der Waals surface area contributed by atoms with Crippen LogP contribution in [0.4, 0.5) is 0 Å². The van der Waals surface area contributed by atoms with Crippen LogP contribution in [0.1, 0.15) is 23.3 Å². The van der Waals surface area contributed by atoms with Gasteiger partial charge in [-0.2, -0.15) is 0 Å². The van der Waals surface area contributed by atoms with Crippen molar-refractivity contribution >= 4 is 28.4 Å². The van der Waals surface area contributed by atoms with E-state index in [4.69, 9.17) is 11.6 Å². The number of aromatic nitrogens is 1. The molecule has 2 aromatic rings. The summed E-state index contributed by atoms with van der Waals surface area (Å²) < 4.78 is 0. The highest BCUT2D eigenvalue weighted by molar-refractivity contribution is 6.18. The maximum Gasteiger partial charge on any atom is 0.272 e. The van der Waals surface area contributed by atoms with E-state index in [-0.39, 0.29) is 5.91 Å². The Kier molecular flexibility index (Phi) is 3.38. The summed E-state index contributed by atoms with van der Waals surface area (Å²) in [6.07, 6.45) is 2.16. The van der Waals surface area contributed by atoms with Gasteiger partial charge in [-0.1, -0.05) is 24.3 Å². The molecule has 1 amide bonds. The summed E-state index contributed by atoms with van der Waals surface area (Å²) in [5.41, 5.74) is 1.37. The predicted molar refractivity (Wildman–Crippen MR) is 76.5 cm³/mol. The maximum atomic E-state index is 12.5. The van der Waals surface area contributed by atoms with Gasteiger partial charge in [-0.15, -0.1) is 11.6 Å². The first-order valence-corrected chi connectivity index (χ1v) is 7.06. The van der Waals surface area contributed by atoms with E-state index in [1.807, 2.05) is 35.2 Å². The molecule has 0 bridgehead atoms. The van der Waals surface area contributed by atoms with E-state index >= 15 is 0 Å². The molecule has 1 aliphatic carbocycles. The fourth-order valence-corrected chi connectivity index (χ4v) is 2.44. The van der Waals surface area contributed by atoms with Crippen molar-refractivity contribution in [1.82, 2.24) is 9.88 Å². The highest BCUT2D eigenvalue weighted by Crippen LogP contribution is 2.28. The SMILES string of the molecule is O=C(c1ccc2ccccc2n1)N(CCCl)C1CC1. The Balaban J connectivity index is 1.91. The molecular formula is C15H15ClN2O. The molecule has 0 unspecified atom stereocenters. The maximum absolute atomic E-state index is 12.5. The molecule has 1 aromatic carbocycles. The molecule has 1 fully saturated rings.